The molecule has 0 radical (unpaired) electrons. The number of hydrogen-bond donors (Lipinski definition) is 2. The van der Waals surface area contributed by atoms with Crippen LogP contribution in [0.3, 0.4) is 0 Å². The fourth-order valence-electron chi connectivity index (χ4n) is 7.01. The van der Waals surface area contributed by atoms with Crippen LogP contribution in [0.5, 0.6) is 0 Å². The number of ether oxygens (including phenoxy) is 6. The van der Waals surface area contributed by atoms with Gasteiger partial charge in [0.2, 0.25) is 12.2 Å². The van der Waals surface area contributed by atoms with E-state index in [4.69, 9.17) is 28.4 Å². The van der Waals surface area contributed by atoms with Crippen LogP contribution in [-0.4, -0.2) is 125 Å². The van der Waals surface area contributed by atoms with Crippen LogP contribution in [0.15, 0.2) is 0 Å². The van der Waals surface area contributed by atoms with Gasteiger partial charge in [-0.1, -0.05) is 145 Å². The minimum Gasteiger partial charge on any atom is -0.463 e. The van der Waals surface area contributed by atoms with E-state index >= 15 is 0 Å². The monoisotopic (exact) mass is 1290 g/mol. The van der Waals surface area contributed by atoms with Crippen molar-refractivity contribution >= 4 is 47.5 Å². The van der Waals surface area contributed by atoms with Crippen molar-refractivity contribution < 1.29 is 62.3 Å². The first-order valence-electron chi connectivity index (χ1n) is 33.5. The Morgan fingerprint density at radius 1 is 0.461 bits per heavy atom. The molecule has 0 aliphatic rings. The van der Waals surface area contributed by atoms with Gasteiger partial charge in [-0.2, -0.15) is 11.8 Å². The zero-order valence-corrected chi connectivity index (χ0v) is 65.6. The molecule has 0 fully saturated rings. The Morgan fingerprint density at radius 2 is 0.798 bits per heavy atom. The van der Waals surface area contributed by atoms with Gasteiger partial charge in [0.25, 0.3) is 0 Å². The van der Waals surface area contributed by atoms with Crippen LogP contribution >= 0.6 is 11.8 Å². The average molecular weight is 1290 g/mol. The van der Waals surface area contributed by atoms with Crippen molar-refractivity contribution in [3.63, 3.8) is 0 Å². The van der Waals surface area contributed by atoms with Gasteiger partial charge in [0, 0.05) is 31.9 Å². The Bertz CT molecular complexity index is 1750. The average Bonchev–Trinajstić information content (AvgIpc) is 3.44. The van der Waals surface area contributed by atoms with Gasteiger partial charge in [-0.05, 0) is 200 Å². The van der Waals surface area contributed by atoms with Crippen molar-refractivity contribution in [2.24, 2.45) is 44.8 Å². The first-order chi connectivity index (χ1) is 39.5. The second-order valence-electron chi connectivity index (χ2n) is 34.3. The second kappa shape index (κ2) is 47.0. The molecule has 0 aliphatic heterocycles. The van der Waals surface area contributed by atoms with Gasteiger partial charge in [0.05, 0.1) is 42.0 Å². The van der Waals surface area contributed by atoms with E-state index < -0.39 is 35.0 Å². The molecule has 0 saturated carbocycles. The van der Waals surface area contributed by atoms with Crippen molar-refractivity contribution in [1.82, 2.24) is 10.2 Å². The van der Waals surface area contributed by atoms with Crippen molar-refractivity contribution in [3.8, 4) is 0 Å². The van der Waals surface area contributed by atoms with Crippen LogP contribution in [-0.2, 0) is 57.2 Å². The van der Waals surface area contributed by atoms with Crippen LogP contribution < -0.4 is 5.32 Å². The molecule has 0 aromatic carbocycles. The molecule has 0 saturated heterocycles. The van der Waals surface area contributed by atoms with E-state index in [0.717, 1.165) is 6.42 Å². The van der Waals surface area contributed by atoms with Crippen LogP contribution in [0, 0.1) is 44.8 Å². The fourth-order valence-corrected chi connectivity index (χ4v) is 7.91. The summed E-state index contributed by atoms with van der Waals surface area (Å²) in [5.74, 6) is 0.855. The molecule has 89 heavy (non-hydrogen) atoms. The summed E-state index contributed by atoms with van der Waals surface area (Å²) in [5.41, 5.74) is -1.06. The first-order valence-corrected chi connectivity index (χ1v) is 34.6. The van der Waals surface area contributed by atoms with Crippen LogP contribution in [0.25, 0.3) is 0 Å². The lowest BCUT2D eigenvalue weighted by Gasteiger charge is -2.26. The third-order valence-electron chi connectivity index (χ3n) is 11.5. The number of rotatable bonds is 27. The van der Waals surface area contributed by atoms with Gasteiger partial charge in [0.1, 0.15) is 11.2 Å². The Morgan fingerprint density at radius 3 is 1.07 bits per heavy atom. The normalized spacial score (nSPS) is 12.5. The highest BCUT2D eigenvalue weighted by Gasteiger charge is 2.32. The van der Waals surface area contributed by atoms with E-state index in [1.807, 2.05) is 69.2 Å². The lowest BCUT2D eigenvalue weighted by molar-refractivity contribution is -0.189. The molecule has 16 heteroatoms. The number of carbonyl (C=O) groups is 6. The van der Waals surface area contributed by atoms with Crippen LogP contribution in [0.4, 0.5) is 0 Å². The summed E-state index contributed by atoms with van der Waals surface area (Å²) in [7, 11) is 2.26. The van der Waals surface area contributed by atoms with Gasteiger partial charge >= 0.3 is 29.8 Å². The molecule has 15 nitrogen and oxygen atoms in total. The summed E-state index contributed by atoms with van der Waals surface area (Å²) in [5, 5.41) is 12.9. The van der Waals surface area contributed by atoms with Crippen LogP contribution in [0.1, 0.15) is 312 Å². The fraction of sp³-hybridized carbons (Fsp3) is 0.918. The number of carbonyl (C=O) groups excluding carboxylic acids is 6. The zero-order valence-electron chi connectivity index (χ0n) is 64.8. The predicted molar refractivity (Wildman–Crippen MR) is 376 cm³/mol. The molecule has 534 valence electrons. The third kappa shape index (κ3) is 87.1. The van der Waals surface area contributed by atoms with E-state index in [-0.39, 0.29) is 65.6 Å². The number of hydrogen-bond acceptors (Lipinski definition) is 15. The molecule has 0 aliphatic carbocycles. The molecule has 0 aromatic heterocycles. The predicted octanol–water partition coefficient (Wildman–Crippen LogP) is 18.2. The van der Waals surface area contributed by atoms with Gasteiger partial charge in [0.15, 0.2) is 0 Å². The summed E-state index contributed by atoms with van der Waals surface area (Å²) in [6.07, 6.45) is 10.9. The molecular formula is C73H148N2O13S. The molecule has 0 atom stereocenters. The number of nitrogens with one attached hydrogen (secondary N) is 1. The summed E-state index contributed by atoms with van der Waals surface area (Å²) >= 11 is 2.13. The maximum atomic E-state index is 11.6. The second-order valence-corrected chi connectivity index (χ2v) is 35.5. The number of thioether (sulfide) groups is 1. The highest BCUT2D eigenvalue weighted by molar-refractivity contribution is 7.99. The maximum Gasteiger partial charge on any atom is 0.311 e. The van der Waals surface area contributed by atoms with Crippen molar-refractivity contribution in [2.45, 2.75) is 347 Å². The molecule has 0 bridgehead atoms. The van der Waals surface area contributed by atoms with Gasteiger partial charge in [-0.25, -0.2) is 0 Å². The van der Waals surface area contributed by atoms with E-state index in [9.17, 15) is 33.9 Å². The summed E-state index contributed by atoms with van der Waals surface area (Å²) in [4.78, 5) is 70.2. The van der Waals surface area contributed by atoms with Gasteiger partial charge in [-0.15, -0.1) is 0 Å². The van der Waals surface area contributed by atoms with Crippen molar-refractivity contribution in [1.29, 1.82) is 0 Å². The highest BCUT2D eigenvalue weighted by atomic mass is 32.2. The SMILES string of the molecule is CC(C)(C)CCCSCCCC(C)(C)C.CC(C)(C)OCCCNC(=O)C(C)(C)C.CC(C)CC(=O)OC(C)C.CC(O)(CC(=O)OC(C)(C)C)CC(=O)OC(C)(C)C.CC(OC(=O)C(C)C)OC(=O)C(C)C.CN(CCCC(C)(C)C)CCCC(C)(C)C. The Balaban J connectivity index is -0.000000234. The smallest absolute Gasteiger partial charge is 0.311 e. The lowest BCUT2D eigenvalue weighted by Crippen LogP contribution is -2.36. The zero-order chi connectivity index (χ0) is 71.8. The van der Waals surface area contributed by atoms with Crippen LogP contribution in [0.2, 0.25) is 0 Å². The minimum absolute atomic E-state index is 0.0197. The number of nitrogens with zero attached hydrogens (tertiary/aromatic N) is 1. The Hall–Kier alpha value is -2.95. The summed E-state index contributed by atoms with van der Waals surface area (Å²) in [6.45, 7) is 71.7. The minimum atomic E-state index is -1.47. The van der Waals surface area contributed by atoms with Gasteiger partial charge < -0.3 is 43.7 Å². The van der Waals surface area contributed by atoms with E-state index in [1.165, 1.54) is 89.8 Å². The molecule has 1 amide bonds. The number of esters is 5. The Labute approximate surface area is 554 Å². The highest BCUT2D eigenvalue weighted by Crippen LogP contribution is 2.26. The third-order valence-corrected chi connectivity index (χ3v) is 12.7. The molecule has 0 heterocycles. The molecule has 0 unspecified atom stereocenters. The van der Waals surface area contributed by atoms with Crippen molar-refractivity contribution in [2.75, 3.05) is 44.8 Å². The molecule has 0 aromatic rings. The summed E-state index contributed by atoms with van der Waals surface area (Å²) in [6, 6.07) is 0. The number of amides is 1. The molecule has 2 N–H and O–H groups in total. The molecule has 0 rings (SSSR count). The first kappa shape index (κ1) is 97.1. The molecular weight excluding hydrogens is 1140 g/mol. The van der Waals surface area contributed by atoms with E-state index in [2.05, 4.69) is 112 Å². The van der Waals surface area contributed by atoms with Crippen molar-refractivity contribution in [3.05, 3.63) is 0 Å². The summed E-state index contributed by atoms with van der Waals surface area (Å²) < 4.78 is 30.4. The number of aliphatic hydroxyl groups is 1. The topological polar surface area (TPSA) is 193 Å². The quantitative estimate of drug-likeness (QED) is 0.0341. The lowest BCUT2D eigenvalue weighted by atomic mass is 9.90. The van der Waals surface area contributed by atoms with Gasteiger partial charge in [-0.3, -0.25) is 28.8 Å². The van der Waals surface area contributed by atoms with E-state index in [0.29, 0.717) is 47.2 Å². The Kier molecular flexibility index (Phi) is 51.3. The largest absolute Gasteiger partial charge is 0.463 e. The molecule has 0 spiro atoms. The standard InChI is InChI=1S/C15H33N.C14H26O5.C14H30S.C12H25NO2.C10H18O4.C8H16O2/c1-14(2,3)10-8-12-16(7)13-9-11-15(4,5)6;1-12(2,3)18-10(15)8-14(7,17)9-11(16)19-13(4,5)6;1-13(2,3)9-7-11-15-12-8-10-14(4,5)6;1-11(2,3)10(14)13-8-7-9-15-12(4,5)6;1-6(2)9(11)13-8(5)14-10(12)7(3)4;1-6(2)5-8(9)10-7(3)4/h8-13H2,1-7H3;17H,8-9H2,1-7H3;7-12H2,1-6H3;7-9H2,1-6H3,(H,13,14);6-8H,1-5H3;6-7H,5H2,1-4H3. The maximum absolute atomic E-state index is 11.6. The van der Waals surface area contributed by atoms with E-state index in [1.54, 1.807) is 69.2 Å².